The zero-order valence-corrected chi connectivity index (χ0v) is 12.5. The molecule has 0 radical (unpaired) electrons. The average Bonchev–Trinajstić information content (AvgIpc) is 2.40. The van der Waals surface area contributed by atoms with Gasteiger partial charge in [0.2, 0.25) is 0 Å². The number of aryl methyl sites for hydroxylation is 1. The van der Waals surface area contributed by atoms with Gasteiger partial charge in [-0.15, -0.1) is 0 Å². The van der Waals surface area contributed by atoms with Crippen LogP contribution in [0.5, 0.6) is 0 Å². The van der Waals surface area contributed by atoms with E-state index in [4.69, 9.17) is 0 Å². The van der Waals surface area contributed by atoms with Crippen molar-refractivity contribution in [3.8, 4) is 0 Å². The first-order valence-electron chi connectivity index (χ1n) is 7.10. The van der Waals surface area contributed by atoms with Crippen LogP contribution in [0, 0.1) is 0 Å². The summed E-state index contributed by atoms with van der Waals surface area (Å²) >= 11 is 0. The highest BCUT2D eigenvalue weighted by molar-refractivity contribution is 5.26. The molecule has 1 N–H and O–H groups in total. The minimum atomic E-state index is 0.396. The van der Waals surface area contributed by atoms with Crippen LogP contribution in [-0.2, 0) is 6.42 Å². The van der Waals surface area contributed by atoms with Crippen LogP contribution >= 0.6 is 0 Å². The van der Waals surface area contributed by atoms with E-state index >= 15 is 0 Å². The topological polar surface area (TPSA) is 15.3 Å². The van der Waals surface area contributed by atoms with Crippen molar-refractivity contribution in [1.82, 2.24) is 10.2 Å². The average molecular weight is 248 g/mol. The van der Waals surface area contributed by atoms with Gasteiger partial charge >= 0.3 is 0 Å². The Labute approximate surface area is 112 Å². The molecule has 0 saturated heterocycles. The third kappa shape index (κ3) is 3.82. The highest BCUT2D eigenvalue weighted by atomic mass is 15.2. The Morgan fingerprint density at radius 1 is 1.17 bits per heavy atom. The van der Waals surface area contributed by atoms with E-state index in [1.54, 1.807) is 0 Å². The first-order valence-corrected chi connectivity index (χ1v) is 7.10. The summed E-state index contributed by atoms with van der Waals surface area (Å²) in [5, 5.41) is 3.45. The van der Waals surface area contributed by atoms with Gasteiger partial charge in [0.05, 0.1) is 0 Å². The molecule has 0 aliphatic heterocycles. The molecule has 1 aromatic rings. The molecular weight excluding hydrogens is 220 g/mol. The molecule has 1 rings (SSSR count). The number of likely N-dealkylation sites (N-methyl/N-ethyl adjacent to an activating group) is 2. The Balaban J connectivity index is 2.80. The monoisotopic (exact) mass is 248 g/mol. The highest BCUT2D eigenvalue weighted by Gasteiger charge is 2.20. The summed E-state index contributed by atoms with van der Waals surface area (Å²) in [7, 11) is 4.26. The van der Waals surface area contributed by atoms with Crippen molar-refractivity contribution < 1.29 is 0 Å². The molecule has 2 heteroatoms. The van der Waals surface area contributed by atoms with Gasteiger partial charge in [-0.25, -0.2) is 0 Å². The molecule has 0 amide bonds. The lowest BCUT2D eigenvalue weighted by Gasteiger charge is -2.32. The molecule has 1 aromatic carbocycles. The predicted octanol–water partition coefficient (Wildman–Crippen LogP) is 3.24. The molecule has 0 aliphatic rings. The van der Waals surface area contributed by atoms with Crippen molar-refractivity contribution in [1.29, 1.82) is 0 Å². The second-order valence-electron chi connectivity index (χ2n) is 5.08. The molecule has 18 heavy (non-hydrogen) atoms. The highest BCUT2D eigenvalue weighted by Crippen LogP contribution is 2.20. The van der Waals surface area contributed by atoms with Gasteiger partial charge in [-0.3, -0.25) is 0 Å². The van der Waals surface area contributed by atoms with Crippen molar-refractivity contribution in [2.24, 2.45) is 0 Å². The van der Waals surface area contributed by atoms with Crippen LogP contribution in [0.2, 0.25) is 0 Å². The van der Waals surface area contributed by atoms with Gasteiger partial charge in [0.15, 0.2) is 0 Å². The minimum Gasteiger partial charge on any atom is -0.312 e. The number of nitrogens with one attached hydrogen (secondary N) is 1. The van der Waals surface area contributed by atoms with Gasteiger partial charge in [0.25, 0.3) is 0 Å². The summed E-state index contributed by atoms with van der Waals surface area (Å²) in [6.07, 6.45) is 2.31. The normalized spacial score (nSPS) is 14.8. The molecule has 0 spiro atoms. The molecule has 0 saturated carbocycles. The number of hydrogen-bond donors (Lipinski definition) is 1. The largest absolute Gasteiger partial charge is 0.312 e. The van der Waals surface area contributed by atoms with Crippen LogP contribution in [0.25, 0.3) is 0 Å². The summed E-state index contributed by atoms with van der Waals surface area (Å²) in [6, 6.07) is 9.90. The Hall–Kier alpha value is -0.860. The van der Waals surface area contributed by atoms with Gasteiger partial charge in [-0.2, -0.15) is 0 Å². The van der Waals surface area contributed by atoms with Gasteiger partial charge < -0.3 is 10.2 Å². The fraction of sp³-hybridized carbons (Fsp3) is 0.625. The van der Waals surface area contributed by atoms with E-state index in [0.29, 0.717) is 12.1 Å². The van der Waals surface area contributed by atoms with Crippen LogP contribution in [0.15, 0.2) is 24.3 Å². The van der Waals surface area contributed by atoms with E-state index in [0.717, 1.165) is 13.0 Å². The summed E-state index contributed by atoms with van der Waals surface area (Å²) in [4.78, 5) is 2.43. The Kier molecular flexibility index (Phi) is 6.37. The number of nitrogens with zero attached hydrogens (tertiary/aromatic N) is 1. The second kappa shape index (κ2) is 7.55. The van der Waals surface area contributed by atoms with Crippen molar-refractivity contribution in [2.45, 2.75) is 45.7 Å². The van der Waals surface area contributed by atoms with E-state index in [1.165, 1.54) is 17.5 Å². The van der Waals surface area contributed by atoms with Gasteiger partial charge in [-0.1, -0.05) is 38.1 Å². The summed E-state index contributed by atoms with van der Waals surface area (Å²) in [6.45, 7) is 7.87. The van der Waals surface area contributed by atoms with Crippen LogP contribution in [0.1, 0.15) is 44.4 Å². The molecule has 0 heterocycles. The molecule has 2 atom stereocenters. The van der Waals surface area contributed by atoms with Crippen molar-refractivity contribution in [2.75, 3.05) is 20.6 Å². The quantitative estimate of drug-likeness (QED) is 0.797. The maximum atomic E-state index is 3.45. The summed E-state index contributed by atoms with van der Waals surface area (Å²) in [5.41, 5.74) is 2.79. The molecule has 102 valence electrons. The molecule has 0 bridgehead atoms. The number of benzene rings is 1. The summed E-state index contributed by atoms with van der Waals surface area (Å²) < 4.78 is 0. The van der Waals surface area contributed by atoms with Gasteiger partial charge in [0, 0.05) is 12.1 Å². The van der Waals surface area contributed by atoms with Crippen LogP contribution < -0.4 is 5.32 Å². The summed E-state index contributed by atoms with van der Waals surface area (Å²) in [5.74, 6) is 0. The van der Waals surface area contributed by atoms with Gasteiger partial charge in [0.1, 0.15) is 0 Å². The maximum absolute atomic E-state index is 3.45. The lowest BCUT2D eigenvalue weighted by atomic mass is 9.98. The van der Waals surface area contributed by atoms with E-state index in [9.17, 15) is 0 Å². The molecular formula is C16H28N2. The second-order valence-corrected chi connectivity index (χ2v) is 5.08. The maximum Gasteiger partial charge on any atom is 0.0472 e. The molecule has 2 nitrogen and oxygen atoms in total. The fourth-order valence-electron chi connectivity index (χ4n) is 2.46. The lowest BCUT2D eigenvalue weighted by molar-refractivity contribution is 0.212. The molecule has 2 unspecified atom stereocenters. The van der Waals surface area contributed by atoms with Gasteiger partial charge in [-0.05, 0) is 51.5 Å². The molecule has 0 aliphatic carbocycles. The van der Waals surface area contributed by atoms with Crippen LogP contribution in [-0.4, -0.2) is 31.6 Å². The smallest absolute Gasteiger partial charge is 0.0472 e. The van der Waals surface area contributed by atoms with E-state index in [-0.39, 0.29) is 0 Å². The lowest BCUT2D eigenvalue weighted by Crippen LogP contribution is -2.40. The molecule has 0 aromatic heterocycles. The Bertz CT molecular complexity index is 331. The molecule has 0 fully saturated rings. The SMILES string of the molecule is CCCN(C)C(C)C(NC)c1ccc(CC)cc1. The van der Waals surface area contributed by atoms with Crippen molar-refractivity contribution in [3.05, 3.63) is 35.4 Å². The first-order chi connectivity index (χ1) is 8.63. The standard InChI is InChI=1S/C16H28N2/c1-6-12-18(5)13(3)16(17-4)15-10-8-14(7-2)9-11-15/h8-11,13,16-17H,6-7,12H2,1-5H3. The van der Waals surface area contributed by atoms with Crippen molar-refractivity contribution in [3.63, 3.8) is 0 Å². The fourth-order valence-corrected chi connectivity index (χ4v) is 2.46. The minimum absolute atomic E-state index is 0.396. The Morgan fingerprint density at radius 3 is 2.22 bits per heavy atom. The van der Waals surface area contributed by atoms with E-state index < -0.39 is 0 Å². The zero-order chi connectivity index (χ0) is 13.5. The van der Waals surface area contributed by atoms with E-state index in [1.807, 2.05) is 0 Å². The van der Waals surface area contributed by atoms with Crippen LogP contribution in [0.3, 0.4) is 0 Å². The van der Waals surface area contributed by atoms with Crippen molar-refractivity contribution >= 4 is 0 Å². The Morgan fingerprint density at radius 2 is 1.78 bits per heavy atom. The number of rotatable bonds is 7. The third-order valence-corrected chi connectivity index (χ3v) is 3.81. The van der Waals surface area contributed by atoms with E-state index in [2.05, 4.69) is 69.3 Å². The third-order valence-electron chi connectivity index (χ3n) is 3.81. The first kappa shape index (κ1) is 15.2. The zero-order valence-electron chi connectivity index (χ0n) is 12.5. The predicted molar refractivity (Wildman–Crippen MR) is 80.0 cm³/mol. The number of hydrogen-bond acceptors (Lipinski definition) is 2. The van der Waals surface area contributed by atoms with Crippen LogP contribution in [0.4, 0.5) is 0 Å².